The van der Waals surface area contributed by atoms with E-state index in [-0.39, 0.29) is 17.1 Å². The molecule has 1 fully saturated rings. The zero-order valence-electron chi connectivity index (χ0n) is 16.4. The average Bonchev–Trinajstić information content (AvgIpc) is 2.67. The number of nitrogens with one attached hydrogen (secondary N) is 1. The lowest BCUT2D eigenvalue weighted by Crippen LogP contribution is -2.40. The monoisotopic (exact) mass is 436 g/mol. The van der Waals surface area contributed by atoms with Gasteiger partial charge in [-0.2, -0.15) is 0 Å². The van der Waals surface area contributed by atoms with Crippen LogP contribution in [0.3, 0.4) is 0 Å². The Morgan fingerprint density at radius 3 is 2.55 bits per heavy atom. The fourth-order valence-electron chi connectivity index (χ4n) is 3.67. The van der Waals surface area contributed by atoms with Crippen LogP contribution >= 0.6 is 23.2 Å². The third-order valence-electron chi connectivity index (χ3n) is 5.41. The number of hydrogen-bond acceptors (Lipinski definition) is 5. The van der Waals surface area contributed by atoms with E-state index in [0.29, 0.717) is 16.4 Å². The van der Waals surface area contributed by atoms with Crippen molar-refractivity contribution in [2.45, 2.75) is 51.2 Å². The number of aliphatic hydroxyl groups excluding tert-OH is 1. The Morgan fingerprint density at radius 2 is 1.86 bits per heavy atom. The van der Waals surface area contributed by atoms with Crippen molar-refractivity contribution in [3.8, 4) is 0 Å². The number of anilines is 2. The quantitative estimate of drug-likeness (QED) is 0.511. The summed E-state index contributed by atoms with van der Waals surface area (Å²) in [5, 5.41) is 13.8. The molecule has 3 rings (SSSR count). The van der Waals surface area contributed by atoms with Gasteiger partial charge in [-0.1, -0.05) is 43.7 Å². The molecular weight excluding hydrogens is 411 g/mol. The van der Waals surface area contributed by atoms with Gasteiger partial charge in [0.2, 0.25) is 5.28 Å². The van der Waals surface area contributed by atoms with Crippen molar-refractivity contribution in [3.63, 3.8) is 0 Å². The van der Waals surface area contributed by atoms with Crippen LogP contribution in [-0.4, -0.2) is 34.3 Å². The van der Waals surface area contributed by atoms with E-state index in [0.717, 1.165) is 31.4 Å². The number of aromatic nitrogens is 2. The summed E-state index contributed by atoms with van der Waals surface area (Å²) in [4.78, 5) is 22.7. The molecule has 1 unspecified atom stereocenters. The number of halogens is 2. The lowest BCUT2D eigenvalue weighted by molar-refractivity contribution is 0.0497. The van der Waals surface area contributed by atoms with E-state index >= 15 is 0 Å². The van der Waals surface area contributed by atoms with Crippen molar-refractivity contribution in [2.24, 2.45) is 5.92 Å². The minimum atomic E-state index is -0.876. The molecule has 0 spiro atoms. The molecule has 1 aromatic heterocycles. The summed E-state index contributed by atoms with van der Waals surface area (Å²) in [7, 11) is 1.81. The summed E-state index contributed by atoms with van der Waals surface area (Å²) in [6.07, 6.45) is 8.32. The predicted molar refractivity (Wildman–Crippen MR) is 116 cm³/mol. The van der Waals surface area contributed by atoms with Crippen LogP contribution in [0.4, 0.5) is 11.5 Å². The molecule has 1 heterocycles. The first kappa shape index (κ1) is 21.8. The van der Waals surface area contributed by atoms with Crippen molar-refractivity contribution < 1.29 is 9.90 Å². The lowest BCUT2D eigenvalue weighted by Gasteiger charge is -2.26. The van der Waals surface area contributed by atoms with E-state index in [2.05, 4.69) is 15.3 Å². The van der Waals surface area contributed by atoms with Gasteiger partial charge in [0.25, 0.3) is 5.91 Å². The number of rotatable bonds is 5. The first-order valence-corrected chi connectivity index (χ1v) is 10.7. The van der Waals surface area contributed by atoms with Crippen LogP contribution in [0.1, 0.15) is 55.3 Å². The van der Waals surface area contributed by atoms with Gasteiger partial charge in [-0.15, -0.1) is 0 Å². The van der Waals surface area contributed by atoms with Crippen LogP contribution in [0, 0.1) is 5.92 Å². The molecule has 0 saturated heterocycles. The van der Waals surface area contributed by atoms with Gasteiger partial charge in [0.1, 0.15) is 12.0 Å². The van der Waals surface area contributed by atoms with E-state index in [1.165, 1.54) is 19.3 Å². The van der Waals surface area contributed by atoms with E-state index in [9.17, 15) is 9.90 Å². The Morgan fingerprint density at radius 1 is 1.17 bits per heavy atom. The predicted octanol–water partition coefficient (Wildman–Crippen LogP) is 4.96. The third-order valence-corrected chi connectivity index (χ3v) is 5.92. The molecule has 156 valence electrons. The van der Waals surface area contributed by atoms with Crippen LogP contribution in [-0.2, 0) is 0 Å². The minimum Gasteiger partial charge on any atom is -0.373 e. The van der Waals surface area contributed by atoms with E-state index < -0.39 is 6.23 Å². The lowest BCUT2D eigenvalue weighted by atomic mass is 9.90. The minimum absolute atomic E-state index is 0.0760. The Bertz CT molecular complexity index is 841. The van der Waals surface area contributed by atoms with Gasteiger partial charge in [0, 0.05) is 24.8 Å². The smallest absolute Gasteiger partial charge is 0.254 e. The van der Waals surface area contributed by atoms with Crippen LogP contribution < -0.4 is 10.2 Å². The maximum atomic E-state index is 12.8. The number of amides is 1. The standard InChI is InChI=1S/C21H26Cl2N4O2/c1-27(18-11-12-24-21(23)25-18)15-9-10-17(22)16(13-15)20(29)26-19(28)14-7-5-3-2-4-6-8-14/h9-14,19,28H,2-8H2,1H3,(H,26,29). The molecule has 29 heavy (non-hydrogen) atoms. The van der Waals surface area contributed by atoms with E-state index in [1.807, 2.05) is 7.05 Å². The highest BCUT2D eigenvalue weighted by Crippen LogP contribution is 2.28. The molecular formula is C21H26Cl2N4O2. The Labute approximate surface area is 181 Å². The summed E-state index contributed by atoms with van der Waals surface area (Å²) in [5.41, 5.74) is 1.02. The Hall–Kier alpha value is -1.89. The van der Waals surface area contributed by atoms with Gasteiger partial charge in [-0.25, -0.2) is 9.97 Å². The molecule has 0 bridgehead atoms. The maximum absolute atomic E-state index is 12.8. The highest BCUT2D eigenvalue weighted by molar-refractivity contribution is 6.34. The summed E-state index contributed by atoms with van der Waals surface area (Å²) in [5.74, 6) is 0.279. The SMILES string of the molecule is CN(c1ccc(Cl)c(C(=O)NC(O)C2CCCCCCC2)c1)c1ccnc(Cl)n1. The van der Waals surface area contributed by atoms with E-state index in [4.69, 9.17) is 23.2 Å². The van der Waals surface area contributed by atoms with Crippen LogP contribution in [0.15, 0.2) is 30.5 Å². The molecule has 1 saturated carbocycles. The second-order valence-electron chi connectivity index (χ2n) is 7.43. The highest BCUT2D eigenvalue weighted by atomic mass is 35.5. The molecule has 2 aromatic rings. The topological polar surface area (TPSA) is 78.4 Å². The molecule has 6 nitrogen and oxygen atoms in total. The van der Waals surface area contributed by atoms with Gasteiger partial charge in [-0.3, -0.25) is 4.79 Å². The van der Waals surface area contributed by atoms with Gasteiger partial charge >= 0.3 is 0 Å². The van der Waals surface area contributed by atoms with Gasteiger partial charge < -0.3 is 15.3 Å². The number of aliphatic hydroxyl groups is 1. The molecule has 0 radical (unpaired) electrons. The van der Waals surface area contributed by atoms with Gasteiger partial charge in [0.15, 0.2) is 0 Å². The fraction of sp³-hybridized carbons (Fsp3) is 0.476. The zero-order chi connectivity index (χ0) is 20.8. The number of carbonyl (C=O) groups is 1. The first-order chi connectivity index (χ1) is 14.0. The first-order valence-electron chi connectivity index (χ1n) is 9.96. The van der Waals surface area contributed by atoms with Crippen molar-refractivity contribution in [2.75, 3.05) is 11.9 Å². The highest BCUT2D eigenvalue weighted by Gasteiger charge is 2.23. The van der Waals surface area contributed by atoms with Crippen molar-refractivity contribution in [3.05, 3.63) is 46.3 Å². The summed E-state index contributed by atoms with van der Waals surface area (Å²) < 4.78 is 0. The number of nitrogens with zero attached hydrogens (tertiary/aromatic N) is 3. The normalized spacial score (nSPS) is 16.6. The molecule has 2 N–H and O–H groups in total. The van der Waals surface area contributed by atoms with Crippen molar-refractivity contribution >= 4 is 40.6 Å². The van der Waals surface area contributed by atoms with Crippen LogP contribution in [0.5, 0.6) is 0 Å². The summed E-state index contributed by atoms with van der Waals surface area (Å²) in [6, 6.07) is 6.85. The Kier molecular flexibility index (Phi) is 7.70. The molecule has 1 aromatic carbocycles. The second-order valence-corrected chi connectivity index (χ2v) is 8.18. The van der Waals surface area contributed by atoms with Gasteiger partial charge in [0.05, 0.1) is 10.6 Å². The van der Waals surface area contributed by atoms with Crippen molar-refractivity contribution in [1.29, 1.82) is 0 Å². The number of benzene rings is 1. The van der Waals surface area contributed by atoms with Gasteiger partial charge in [-0.05, 0) is 48.7 Å². The number of carbonyl (C=O) groups excluding carboxylic acids is 1. The molecule has 8 heteroatoms. The summed E-state index contributed by atoms with van der Waals surface area (Å²) >= 11 is 12.2. The maximum Gasteiger partial charge on any atom is 0.254 e. The molecule has 1 aliphatic carbocycles. The van der Waals surface area contributed by atoms with Crippen LogP contribution in [0.2, 0.25) is 10.3 Å². The average molecular weight is 437 g/mol. The van der Waals surface area contributed by atoms with Crippen molar-refractivity contribution in [1.82, 2.24) is 15.3 Å². The zero-order valence-corrected chi connectivity index (χ0v) is 18.0. The largest absolute Gasteiger partial charge is 0.373 e. The van der Waals surface area contributed by atoms with E-state index in [1.54, 1.807) is 35.4 Å². The molecule has 0 aliphatic heterocycles. The fourth-order valence-corrected chi connectivity index (χ4v) is 4.02. The Balaban J connectivity index is 1.73. The molecule has 1 amide bonds. The number of hydrogen-bond donors (Lipinski definition) is 2. The van der Waals surface area contributed by atoms with Crippen LogP contribution in [0.25, 0.3) is 0 Å². The third kappa shape index (κ3) is 5.81. The second kappa shape index (κ2) is 10.2. The summed E-state index contributed by atoms with van der Waals surface area (Å²) in [6.45, 7) is 0. The molecule has 1 aliphatic rings. The molecule has 1 atom stereocenters.